The minimum Gasteiger partial charge on any atom is -0.0985 e. The maximum atomic E-state index is 3.87. The number of rotatable bonds is 1. The quantitative estimate of drug-likeness (QED) is 0.667. The van der Waals surface area contributed by atoms with Gasteiger partial charge < -0.3 is 0 Å². The Bertz CT molecular complexity index is 609. The van der Waals surface area contributed by atoms with Crippen LogP contribution < -0.4 is 10.4 Å². The van der Waals surface area contributed by atoms with E-state index in [9.17, 15) is 0 Å². The highest BCUT2D eigenvalue weighted by atomic mass is 28.3. The number of hydrogen-bond donors (Lipinski definition) is 0. The van der Waals surface area contributed by atoms with Crippen LogP contribution in [0, 0.1) is 0 Å². The van der Waals surface area contributed by atoms with Crippen molar-refractivity contribution in [2.75, 3.05) is 0 Å². The molecule has 1 heterocycles. The van der Waals surface area contributed by atoms with E-state index in [0.717, 1.165) is 0 Å². The van der Waals surface area contributed by atoms with E-state index in [2.05, 4.69) is 62.1 Å². The molecule has 0 N–H and O–H groups in total. The fraction of sp³-hybridized carbons (Fsp3) is 0.125. The summed E-state index contributed by atoms with van der Waals surface area (Å²) in [5, 5.41) is 3.12. The Balaban J connectivity index is 2.35. The molecule has 0 radical (unpaired) electrons. The maximum Gasteiger partial charge on any atom is 0.113 e. The van der Waals surface area contributed by atoms with Crippen molar-refractivity contribution in [1.29, 1.82) is 0 Å². The van der Waals surface area contributed by atoms with Gasteiger partial charge in [0.2, 0.25) is 0 Å². The standard InChI is InChI=1S/C16H16Si/c1-4-12-9-10-14-13-7-5-6-8-15(13)17(2,3)16(14)11-12/h4-11H,1H2,2-3H3. The molecule has 0 saturated heterocycles. The van der Waals surface area contributed by atoms with Crippen LogP contribution in [-0.4, -0.2) is 8.07 Å². The predicted molar refractivity (Wildman–Crippen MR) is 78.7 cm³/mol. The first-order valence-corrected chi connectivity index (χ1v) is 9.01. The summed E-state index contributed by atoms with van der Waals surface area (Å²) in [7, 11) is -1.48. The Morgan fingerprint density at radius 3 is 2.41 bits per heavy atom. The third-order valence-electron chi connectivity index (χ3n) is 3.84. The number of hydrogen-bond acceptors (Lipinski definition) is 0. The Morgan fingerprint density at radius 1 is 0.941 bits per heavy atom. The summed E-state index contributed by atoms with van der Waals surface area (Å²) in [6.45, 7) is 8.74. The largest absolute Gasteiger partial charge is 0.113 e. The van der Waals surface area contributed by atoms with Gasteiger partial charge in [0.25, 0.3) is 0 Å². The van der Waals surface area contributed by atoms with Crippen LogP contribution in [-0.2, 0) is 0 Å². The lowest BCUT2D eigenvalue weighted by Gasteiger charge is -2.18. The lowest BCUT2D eigenvalue weighted by Crippen LogP contribution is -2.49. The van der Waals surface area contributed by atoms with E-state index in [1.54, 1.807) is 10.4 Å². The molecule has 2 aromatic carbocycles. The van der Waals surface area contributed by atoms with Gasteiger partial charge in [-0.1, -0.05) is 68.2 Å². The molecular weight excluding hydrogens is 220 g/mol. The normalized spacial score (nSPS) is 15.2. The van der Waals surface area contributed by atoms with Gasteiger partial charge in [-0.25, -0.2) is 0 Å². The summed E-state index contributed by atoms with van der Waals surface area (Å²) in [4.78, 5) is 0. The summed E-state index contributed by atoms with van der Waals surface area (Å²) < 4.78 is 0. The highest BCUT2D eigenvalue weighted by molar-refractivity contribution is 7.03. The van der Waals surface area contributed by atoms with E-state index in [0.29, 0.717) is 0 Å². The van der Waals surface area contributed by atoms with E-state index in [1.807, 2.05) is 6.08 Å². The second-order valence-electron chi connectivity index (χ2n) is 5.18. The molecule has 0 aromatic heterocycles. The highest BCUT2D eigenvalue weighted by Crippen LogP contribution is 2.28. The fourth-order valence-electron chi connectivity index (χ4n) is 2.85. The first kappa shape index (κ1) is 10.5. The van der Waals surface area contributed by atoms with Crippen molar-refractivity contribution in [3.05, 3.63) is 54.6 Å². The van der Waals surface area contributed by atoms with Gasteiger partial charge in [0.1, 0.15) is 8.07 Å². The van der Waals surface area contributed by atoms with Gasteiger partial charge in [0, 0.05) is 0 Å². The van der Waals surface area contributed by atoms with Gasteiger partial charge in [0.05, 0.1) is 0 Å². The first-order chi connectivity index (χ1) is 8.14. The molecule has 0 unspecified atom stereocenters. The molecule has 0 saturated carbocycles. The molecule has 0 aliphatic carbocycles. The molecule has 1 heteroatoms. The Kier molecular flexibility index (Phi) is 2.14. The molecule has 0 amide bonds. The first-order valence-electron chi connectivity index (χ1n) is 6.01. The molecule has 1 aliphatic rings. The highest BCUT2D eigenvalue weighted by Gasteiger charge is 2.36. The lowest BCUT2D eigenvalue weighted by atomic mass is 10.0. The fourth-order valence-corrected chi connectivity index (χ4v) is 5.96. The van der Waals surface area contributed by atoms with Gasteiger partial charge in [-0.15, -0.1) is 0 Å². The molecule has 0 bridgehead atoms. The summed E-state index contributed by atoms with van der Waals surface area (Å²) >= 11 is 0. The van der Waals surface area contributed by atoms with E-state index in [4.69, 9.17) is 0 Å². The summed E-state index contributed by atoms with van der Waals surface area (Å²) in [6.07, 6.45) is 1.94. The maximum absolute atomic E-state index is 3.87. The second kappa shape index (κ2) is 3.44. The van der Waals surface area contributed by atoms with Gasteiger partial charge >= 0.3 is 0 Å². The lowest BCUT2D eigenvalue weighted by molar-refractivity contribution is 1.68. The SMILES string of the molecule is C=Cc1ccc2c(c1)[Si](C)(C)c1ccccc1-2. The summed E-state index contributed by atoms with van der Waals surface area (Å²) in [5.74, 6) is 0. The van der Waals surface area contributed by atoms with Crippen LogP contribution in [0.1, 0.15) is 5.56 Å². The molecule has 0 atom stereocenters. The van der Waals surface area contributed by atoms with Crippen LogP contribution in [0.15, 0.2) is 49.0 Å². The van der Waals surface area contributed by atoms with Crippen LogP contribution in [0.5, 0.6) is 0 Å². The monoisotopic (exact) mass is 236 g/mol. The summed E-state index contributed by atoms with van der Waals surface area (Å²) in [6, 6.07) is 15.6. The molecule has 1 aliphatic heterocycles. The van der Waals surface area contributed by atoms with Crippen molar-refractivity contribution >= 4 is 24.5 Å². The zero-order valence-electron chi connectivity index (χ0n) is 10.3. The molecule has 3 rings (SSSR count). The molecule has 0 nitrogen and oxygen atoms in total. The van der Waals surface area contributed by atoms with Crippen molar-refractivity contribution in [2.45, 2.75) is 13.1 Å². The number of fused-ring (bicyclic) bond motifs is 3. The predicted octanol–water partition coefficient (Wildman–Crippen LogP) is 3.13. The van der Waals surface area contributed by atoms with Crippen molar-refractivity contribution in [2.24, 2.45) is 0 Å². The van der Waals surface area contributed by atoms with Gasteiger partial charge in [0.15, 0.2) is 0 Å². The minimum absolute atomic E-state index is 1.23. The topological polar surface area (TPSA) is 0 Å². The van der Waals surface area contributed by atoms with Crippen LogP contribution in [0.25, 0.3) is 17.2 Å². The average Bonchev–Trinajstić information content (AvgIpc) is 2.59. The van der Waals surface area contributed by atoms with Gasteiger partial charge in [-0.05, 0) is 27.1 Å². The van der Waals surface area contributed by atoms with Crippen molar-refractivity contribution in [3.8, 4) is 11.1 Å². The van der Waals surface area contributed by atoms with E-state index >= 15 is 0 Å². The van der Waals surface area contributed by atoms with Crippen LogP contribution in [0.3, 0.4) is 0 Å². The van der Waals surface area contributed by atoms with Crippen molar-refractivity contribution < 1.29 is 0 Å². The van der Waals surface area contributed by atoms with Crippen LogP contribution in [0.2, 0.25) is 13.1 Å². The van der Waals surface area contributed by atoms with Crippen molar-refractivity contribution in [1.82, 2.24) is 0 Å². The molecule has 2 aromatic rings. The van der Waals surface area contributed by atoms with Gasteiger partial charge in [-0.3, -0.25) is 0 Å². The Morgan fingerprint density at radius 2 is 1.65 bits per heavy atom. The molecule has 0 spiro atoms. The molecule has 84 valence electrons. The zero-order valence-corrected chi connectivity index (χ0v) is 11.3. The van der Waals surface area contributed by atoms with Gasteiger partial charge in [-0.2, -0.15) is 0 Å². The number of benzene rings is 2. The Labute approximate surface area is 104 Å². The molecule has 17 heavy (non-hydrogen) atoms. The zero-order chi connectivity index (χ0) is 12.0. The summed E-state index contributed by atoms with van der Waals surface area (Å²) in [5.41, 5.74) is 4.11. The molecule has 0 fully saturated rings. The van der Waals surface area contributed by atoms with E-state index in [-0.39, 0.29) is 0 Å². The Hall–Kier alpha value is -1.60. The van der Waals surface area contributed by atoms with Crippen LogP contribution >= 0.6 is 0 Å². The average molecular weight is 236 g/mol. The molecular formula is C16H16Si. The van der Waals surface area contributed by atoms with Crippen LogP contribution in [0.4, 0.5) is 0 Å². The third-order valence-corrected chi connectivity index (χ3v) is 7.39. The smallest absolute Gasteiger partial charge is 0.0985 e. The minimum atomic E-state index is -1.48. The second-order valence-corrected chi connectivity index (χ2v) is 9.51. The third kappa shape index (κ3) is 1.36. The van der Waals surface area contributed by atoms with E-state index in [1.165, 1.54) is 16.7 Å². The van der Waals surface area contributed by atoms with E-state index < -0.39 is 8.07 Å². The van der Waals surface area contributed by atoms with Crippen molar-refractivity contribution in [3.63, 3.8) is 0 Å².